The maximum atomic E-state index is 12.8. The van der Waals surface area contributed by atoms with Crippen molar-refractivity contribution >= 4 is 5.69 Å². The van der Waals surface area contributed by atoms with Crippen molar-refractivity contribution in [3.05, 3.63) is 29.3 Å². The summed E-state index contributed by atoms with van der Waals surface area (Å²) < 4.78 is 38.5. The lowest BCUT2D eigenvalue weighted by molar-refractivity contribution is -0.138. The lowest BCUT2D eigenvalue weighted by Gasteiger charge is -2.34. The van der Waals surface area contributed by atoms with Gasteiger partial charge in [-0.25, -0.2) is 0 Å². The fourth-order valence-electron chi connectivity index (χ4n) is 2.28. The van der Waals surface area contributed by atoms with Crippen molar-refractivity contribution in [1.29, 1.82) is 0 Å². The summed E-state index contributed by atoms with van der Waals surface area (Å²) in [5, 5.41) is 3.27. The molecule has 18 heavy (non-hydrogen) atoms. The number of nitrogens with zero attached hydrogens (tertiary/aromatic N) is 1. The molecule has 1 heterocycles. The Morgan fingerprint density at radius 1 is 1.33 bits per heavy atom. The summed E-state index contributed by atoms with van der Waals surface area (Å²) in [4.78, 5) is 2.00. The third kappa shape index (κ3) is 2.77. The van der Waals surface area contributed by atoms with Crippen LogP contribution in [0.3, 0.4) is 0 Å². The Labute approximate surface area is 105 Å². The van der Waals surface area contributed by atoms with E-state index in [2.05, 4.69) is 5.32 Å². The van der Waals surface area contributed by atoms with E-state index in [1.807, 2.05) is 11.8 Å². The van der Waals surface area contributed by atoms with Gasteiger partial charge in [0.2, 0.25) is 0 Å². The number of piperazine rings is 1. The van der Waals surface area contributed by atoms with Crippen LogP contribution in [-0.2, 0) is 6.18 Å². The monoisotopic (exact) mass is 258 g/mol. The maximum Gasteiger partial charge on any atom is 0.416 e. The lowest BCUT2D eigenvalue weighted by Crippen LogP contribution is -2.49. The van der Waals surface area contributed by atoms with Gasteiger partial charge in [-0.05, 0) is 31.5 Å². The molecule has 2 rings (SSSR count). The zero-order chi connectivity index (χ0) is 13.3. The van der Waals surface area contributed by atoms with Crippen molar-refractivity contribution in [2.24, 2.45) is 0 Å². The van der Waals surface area contributed by atoms with E-state index < -0.39 is 11.7 Å². The fraction of sp³-hybridized carbons (Fsp3) is 0.538. The van der Waals surface area contributed by atoms with Gasteiger partial charge < -0.3 is 10.2 Å². The van der Waals surface area contributed by atoms with Gasteiger partial charge in [0.25, 0.3) is 0 Å². The van der Waals surface area contributed by atoms with Crippen molar-refractivity contribution in [1.82, 2.24) is 5.32 Å². The Morgan fingerprint density at radius 2 is 2.06 bits per heavy atom. The summed E-state index contributed by atoms with van der Waals surface area (Å²) in [6.45, 7) is 5.81. The summed E-state index contributed by atoms with van der Waals surface area (Å²) in [7, 11) is 0. The van der Waals surface area contributed by atoms with Crippen LogP contribution in [0, 0.1) is 6.92 Å². The van der Waals surface area contributed by atoms with Crippen LogP contribution in [0.25, 0.3) is 0 Å². The first kappa shape index (κ1) is 13.2. The highest BCUT2D eigenvalue weighted by atomic mass is 19.4. The molecule has 0 saturated carbocycles. The quantitative estimate of drug-likeness (QED) is 0.833. The minimum absolute atomic E-state index is 0.273. The van der Waals surface area contributed by atoms with Gasteiger partial charge in [0.15, 0.2) is 0 Å². The minimum atomic E-state index is -4.28. The van der Waals surface area contributed by atoms with Gasteiger partial charge in [-0.2, -0.15) is 13.2 Å². The molecule has 1 N–H and O–H groups in total. The molecule has 1 aliphatic heterocycles. The van der Waals surface area contributed by atoms with Gasteiger partial charge in [-0.3, -0.25) is 0 Å². The summed E-state index contributed by atoms with van der Waals surface area (Å²) in [6.07, 6.45) is -4.28. The van der Waals surface area contributed by atoms with Crippen LogP contribution in [0.4, 0.5) is 18.9 Å². The smallest absolute Gasteiger partial charge is 0.369 e. The molecule has 100 valence electrons. The predicted molar refractivity (Wildman–Crippen MR) is 65.9 cm³/mol. The van der Waals surface area contributed by atoms with Crippen LogP contribution in [-0.4, -0.2) is 25.7 Å². The van der Waals surface area contributed by atoms with Gasteiger partial charge in [0.1, 0.15) is 0 Å². The number of hydrogen-bond donors (Lipinski definition) is 1. The van der Waals surface area contributed by atoms with Gasteiger partial charge in [-0.1, -0.05) is 6.07 Å². The molecular weight excluding hydrogens is 241 g/mol. The molecule has 1 atom stereocenters. The number of alkyl halides is 3. The van der Waals surface area contributed by atoms with Crippen molar-refractivity contribution in [2.45, 2.75) is 26.1 Å². The summed E-state index contributed by atoms with van der Waals surface area (Å²) in [5.74, 6) is 0. The average molecular weight is 258 g/mol. The molecule has 0 amide bonds. The van der Waals surface area contributed by atoms with E-state index in [9.17, 15) is 13.2 Å². The van der Waals surface area contributed by atoms with Gasteiger partial charge in [0.05, 0.1) is 5.56 Å². The molecule has 5 heteroatoms. The molecule has 0 radical (unpaired) electrons. The molecule has 1 aliphatic rings. The lowest BCUT2D eigenvalue weighted by atomic mass is 10.1. The fourth-order valence-corrected chi connectivity index (χ4v) is 2.28. The van der Waals surface area contributed by atoms with Crippen LogP contribution in [0.2, 0.25) is 0 Å². The van der Waals surface area contributed by atoms with Gasteiger partial charge >= 0.3 is 6.18 Å². The molecule has 1 saturated heterocycles. The second-order valence-corrected chi connectivity index (χ2v) is 4.80. The molecule has 0 aromatic heterocycles. The Morgan fingerprint density at radius 3 is 2.67 bits per heavy atom. The number of anilines is 1. The first-order valence-corrected chi connectivity index (χ1v) is 6.04. The summed E-state index contributed by atoms with van der Waals surface area (Å²) >= 11 is 0. The van der Waals surface area contributed by atoms with Crippen molar-refractivity contribution in [3.63, 3.8) is 0 Å². The molecule has 0 aliphatic carbocycles. The average Bonchev–Trinajstić information content (AvgIpc) is 2.28. The highest BCUT2D eigenvalue weighted by molar-refractivity contribution is 5.52. The molecule has 1 aromatic carbocycles. The predicted octanol–water partition coefficient (Wildman–Crippen LogP) is 2.81. The largest absolute Gasteiger partial charge is 0.416 e. The Kier molecular flexibility index (Phi) is 3.52. The third-order valence-electron chi connectivity index (χ3n) is 3.26. The normalized spacial score (nSPS) is 21.2. The standard InChI is InChI=1S/C13H17F3N2/c1-9-3-4-11(7-12(9)13(14,15)16)18-6-5-17-10(2)8-18/h3-4,7,10,17H,5-6,8H2,1-2H3. The van der Waals surface area contributed by atoms with E-state index in [-0.39, 0.29) is 5.56 Å². The number of benzene rings is 1. The van der Waals surface area contributed by atoms with E-state index in [0.29, 0.717) is 11.7 Å². The van der Waals surface area contributed by atoms with Crippen LogP contribution in [0.15, 0.2) is 18.2 Å². The molecule has 1 aromatic rings. The number of rotatable bonds is 1. The van der Waals surface area contributed by atoms with Crippen LogP contribution in [0.5, 0.6) is 0 Å². The molecule has 0 bridgehead atoms. The van der Waals surface area contributed by atoms with Crippen LogP contribution in [0.1, 0.15) is 18.1 Å². The van der Waals surface area contributed by atoms with Crippen LogP contribution < -0.4 is 10.2 Å². The molecule has 2 nitrogen and oxygen atoms in total. The van der Waals surface area contributed by atoms with Gasteiger partial charge in [0, 0.05) is 31.4 Å². The number of hydrogen-bond acceptors (Lipinski definition) is 2. The highest BCUT2D eigenvalue weighted by Crippen LogP contribution is 2.34. The molecular formula is C13H17F3N2. The van der Waals surface area contributed by atoms with E-state index >= 15 is 0 Å². The molecule has 0 spiro atoms. The third-order valence-corrected chi connectivity index (χ3v) is 3.26. The van der Waals surface area contributed by atoms with Crippen molar-refractivity contribution < 1.29 is 13.2 Å². The number of halogens is 3. The van der Waals surface area contributed by atoms with E-state index in [1.165, 1.54) is 13.0 Å². The van der Waals surface area contributed by atoms with Crippen molar-refractivity contribution in [2.75, 3.05) is 24.5 Å². The number of aryl methyl sites for hydroxylation is 1. The highest BCUT2D eigenvalue weighted by Gasteiger charge is 2.33. The molecule has 1 fully saturated rings. The first-order chi connectivity index (χ1) is 8.38. The zero-order valence-corrected chi connectivity index (χ0v) is 10.5. The second-order valence-electron chi connectivity index (χ2n) is 4.80. The van der Waals surface area contributed by atoms with Crippen LogP contribution >= 0.6 is 0 Å². The van der Waals surface area contributed by atoms with E-state index in [1.54, 1.807) is 12.1 Å². The zero-order valence-electron chi connectivity index (χ0n) is 10.5. The molecule has 1 unspecified atom stereocenters. The van der Waals surface area contributed by atoms with E-state index in [4.69, 9.17) is 0 Å². The Hall–Kier alpha value is -1.23. The maximum absolute atomic E-state index is 12.8. The van der Waals surface area contributed by atoms with Crippen molar-refractivity contribution in [3.8, 4) is 0 Å². The topological polar surface area (TPSA) is 15.3 Å². The Bertz CT molecular complexity index is 429. The van der Waals surface area contributed by atoms with E-state index in [0.717, 1.165) is 19.6 Å². The summed E-state index contributed by atoms with van der Waals surface area (Å²) in [6, 6.07) is 4.87. The summed E-state index contributed by atoms with van der Waals surface area (Å²) in [5.41, 5.74) is 0.391. The first-order valence-electron chi connectivity index (χ1n) is 6.04. The van der Waals surface area contributed by atoms with Gasteiger partial charge in [-0.15, -0.1) is 0 Å². The Balaban J connectivity index is 2.29. The minimum Gasteiger partial charge on any atom is -0.369 e. The second kappa shape index (κ2) is 4.80. The SMILES string of the molecule is Cc1ccc(N2CCNC(C)C2)cc1C(F)(F)F. The number of nitrogens with one attached hydrogen (secondary N) is 1.